The molecular weight excluding hydrogens is 337 g/mol. The van der Waals surface area contributed by atoms with E-state index in [1.165, 1.54) is 6.20 Å². The van der Waals surface area contributed by atoms with Crippen molar-refractivity contribution in [2.75, 3.05) is 62.3 Å². The second-order valence-electron chi connectivity index (χ2n) is 7.44. The molecule has 4 heterocycles. The molecule has 1 atom stereocenters. The zero-order chi connectivity index (χ0) is 18.1. The van der Waals surface area contributed by atoms with Gasteiger partial charge in [0.25, 0.3) is 0 Å². The molecule has 8 heteroatoms. The Labute approximate surface area is 153 Å². The van der Waals surface area contributed by atoms with Crippen LogP contribution in [0.2, 0.25) is 0 Å². The molecule has 1 amide bonds. The summed E-state index contributed by atoms with van der Waals surface area (Å²) in [4.78, 5) is 27.5. The molecule has 0 radical (unpaired) electrons. The SMILES string of the molecule is CCCN1CCC2(CCN(c3ncc(F)c(N4CCOCC4)n3)C2)C1=O. The van der Waals surface area contributed by atoms with Gasteiger partial charge in [0.05, 0.1) is 24.8 Å². The van der Waals surface area contributed by atoms with Crippen LogP contribution >= 0.6 is 0 Å². The van der Waals surface area contributed by atoms with Gasteiger partial charge >= 0.3 is 0 Å². The van der Waals surface area contributed by atoms with Gasteiger partial charge in [-0.1, -0.05) is 6.92 Å². The highest BCUT2D eigenvalue weighted by Crippen LogP contribution is 2.41. The number of carbonyl (C=O) groups excluding carboxylic acids is 1. The summed E-state index contributed by atoms with van der Waals surface area (Å²) >= 11 is 0. The lowest BCUT2D eigenvalue weighted by Gasteiger charge is -2.29. The smallest absolute Gasteiger partial charge is 0.230 e. The van der Waals surface area contributed by atoms with E-state index in [9.17, 15) is 9.18 Å². The summed E-state index contributed by atoms with van der Waals surface area (Å²) in [6, 6.07) is 0. The van der Waals surface area contributed by atoms with Gasteiger partial charge in [-0.25, -0.2) is 9.37 Å². The highest BCUT2D eigenvalue weighted by Gasteiger charge is 2.50. The van der Waals surface area contributed by atoms with E-state index in [1.54, 1.807) is 0 Å². The second kappa shape index (κ2) is 6.98. The first kappa shape index (κ1) is 17.5. The largest absolute Gasteiger partial charge is 0.378 e. The number of amides is 1. The Morgan fingerprint density at radius 2 is 1.96 bits per heavy atom. The van der Waals surface area contributed by atoms with Gasteiger partial charge in [-0.05, 0) is 19.3 Å². The number of hydrogen-bond acceptors (Lipinski definition) is 6. The molecule has 3 aliphatic heterocycles. The maximum atomic E-state index is 14.2. The van der Waals surface area contributed by atoms with E-state index in [1.807, 2.05) is 14.7 Å². The van der Waals surface area contributed by atoms with Crippen LogP contribution in [0.4, 0.5) is 16.2 Å². The van der Waals surface area contributed by atoms with E-state index in [-0.39, 0.29) is 11.3 Å². The Morgan fingerprint density at radius 1 is 1.19 bits per heavy atom. The Bertz CT molecular complexity index is 682. The van der Waals surface area contributed by atoms with Gasteiger partial charge in [-0.2, -0.15) is 4.98 Å². The first-order valence-corrected chi connectivity index (χ1v) is 9.52. The Hall–Kier alpha value is -1.96. The minimum Gasteiger partial charge on any atom is -0.378 e. The molecule has 7 nitrogen and oxygen atoms in total. The number of hydrogen-bond donors (Lipinski definition) is 0. The maximum absolute atomic E-state index is 14.2. The summed E-state index contributed by atoms with van der Waals surface area (Å²) in [7, 11) is 0. The number of ether oxygens (including phenoxy) is 1. The quantitative estimate of drug-likeness (QED) is 0.803. The van der Waals surface area contributed by atoms with Crippen molar-refractivity contribution in [3.05, 3.63) is 12.0 Å². The molecular formula is C18H26FN5O2. The first-order valence-electron chi connectivity index (χ1n) is 9.52. The summed E-state index contributed by atoms with van der Waals surface area (Å²) in [5, 5.41) is 0. The Balaban J connectivity index is 1.51. The fraction of sp³-hybridized carbons (Fsp3) is 0.722. The molecule has 0 saturated carbocycles. The minimum atomic E-state index is -0.407. The van der Waals surface area contributed by atoms with E-state index in [4.69, 9.17) is 4.74 Å². The summed E-state index contributed by atoms with van der Waals surface area (Å²) < 4.78 is 19.6. The zero-order valence-corrected chi connectivity index (χ0v) is 15.3. The van der Waals surface area contributed by atoms with E-state index < -0.39 is 5.82 Å². The molecule has 26 heavy (non-hydrogen) atoms. The first-order chi connectivity index (χ1) is 12.6. The number of aromatic nitrogens is 2. The average Bonchev–Trinajstić information content (AvgIpc) is 3.23. The summed E-state index contributed by atoms with van der Waals surface area (Å²) in [6.07, 6.45) is 3.94. The standard InChI is InChI=1S/C18H26FN5O2/c1-2-5-23-6-3-18(16(23)25)4-7-24(13-18)17-20-12-14(19)15(21-17)22-8-10-26-11-9-22/h12H,2-11,13H2,1H3. The molecule has 1 aromatic heterocycles. The summed E-state index contributed by atoms with van der Waals surface area (Å²) in [5.74, 6) is 0.712. The number of nitrogens with zero attached hydrogens (tertiary/aromatic N) is 5. The number of halogens is 1. The van der Waals surface area contributed by atoms with Gasteiger partial charge in [-0.15, -0.1) is 0 Å². The van der Waals surface area contributed by atoms with E-state index >= 15 is 0 Å². The van der Waals surface area contributed by atoms with Crippen LogP contribution in [0.15, 0.2) is 6.20 Å². The zero-order valence-electron chi connectivity index (χ0n) is 15.3. The topological polar surface area (TPSA) is 61.8 Å². The molecule has 1 unspecified atom stereocenters. The van der Waals surface area contributed by atoms with Crippen molar-refractivity contribution in [2.24, 2.45) is 5.41 Å². The molecule has 3 aliphatic rings. The summed E-state index contributed by atoms with van der Waals surface area (Å²) in [6.45, 7) is 7.53. The van der Waals surface area contributed by atoms with Gasteiger partial charge in [-0.3, -0.25) is 4.79 Å². The molecule has 142 valence electrons. The highest BCUT2D eigenvalue weighted by molar-refractivity contribution is 5.86. The molecule has 3 saturated heterocycles. The lowest BCUT2D eigenvalue weighted by Crippen LogP contribution is -2.38. The second-order valence-corrected chi connectivity index (χ2v) is 7.44. The molecule has 4 rings (SSSR count). The van der Waals surface area contributed by atoms with Gasteiger partial charge in [0.1, 0.15) is 0 Å². The van der Waals surface area contributed by atoms with E-state index in [2.05, 4.69) is 16.9 Å². The highest BCUT2D eigenvalue weighted by atomic mass is 19.1. The van der Waals surface area contributed by atoms with Crippen molar-refractivity contribution in [2.45, 2.75) is 26.2 Å². The van der Waals surface area contributed by atoms with E-state index in [0.717, 1.165) is 38.9 Å². The van der Waals surface area contributed by atoms with Crippen molar-refractivity contribution >= 4 is 17.7 Å². The minimum absolute atomic E-state index is 0.261. The van der Waals surface area contributed by atoms with Crippen LogP contribution in [0.3, 0.4) is 0 Å². The van der Waals surface area contributed by atoms with E-state index in [0.29, 0.717) is 44.6 Å². The van der Waals surface area contributed by atoms with Gasteiger partial charge < -0.3 is 19.4 Å². The molecule has 0 aliphatic carbocycles. The van der Waals surface area contributed by atoms with Gasteiger partial charge in [0, 0.05) is 39.3 Å². The lowest BCUT2D eigenvalue weighted by molar-refractivity contribution is -0.135. The number of rotatable bonds is 4. The molecule has 1 spiro atoms. The Kier molecular flexibility index (Phi) is 4.69. The third-order valence-electron chi connectivity index (χ3n) is 5.75. The third kappa shape index (κ3) is 3.00. The Morgan fingerprint density at radius 3 is 2.73 bits per heavy atom. The number of carbonyl (C=O) groups is 1. The van der Waals surface area contributed by atoms with Crippen molar-refractivity contribution in [3.8, 4) is 0 Å². The lowest BCUT2D eigenvalue weighted by atomic mass is 9.85. The number of anilines is 2. The summed E-state index contributed by atoms with van der Waals surface area (Å²) in [5.41, 5.74) is -0.313. The van der Waals surface area contributed by atoms with Crippen LogP contribution in [0.5, 0.6) is 0 Å². The maximum Gasteiger partial charge on any atom is 0.230 e. The molecule has 1 aromatic rings. The van der Waals surface area contributed by atoms with Crippen LogP contribution in [-0.2, 0) is 9.53 Å². The van der Waals surface area contributed by atoms with Crippen LogP contribution in [0.25, 0.3) is 0 Å². The number of likely N-dealkylation sites (tertiary alicyclic amines) is 1. The van der Waals surface area contributed by atoms with Crippen LogP contribution in [-0.4, -0.2) is 73.3 Å². The van der Waals surface area contributed by atoms with Crippen molar-refractivity contribution < 1.29 is 13.9 Å². The fourth-order valence-corrected chi connectivity index (χ4v) is 4.30. The van der Waals surface area contributed by atoms with Crippen molar-refractivity contribution in [3.63, 3.8) is 0 Å². The monoisotopic (exact) mass is 363 g/mol. The molecule has 3 fully saturated rings. The van der Waals surface area contributed by atoms with Crippen molar-refractivity contribution in [1.29, 1.82) is 0 Å². The fourth-order valence-electron chi connectivity index (χ4n) is 4.30. The molecule has 0 bridgehead atoms. The van der Waals surface area contributed by atoms with Crippen LogP contribution in [0, 0.1) is 11.2 Å². The normalized spacial score (nSPS) is 26.4. The van der Waals surface area contributed by atoms with Crippen molar-refractivity contribution in [1.82, 2.24) is 14.9 Å². The van der Waals surface area contributed by atoms with Gasteiger partial charge in [0.15, 0.2) is 11.6 Å². The number of morpholine rings is 1. The molecule has 0 N–H and O–H groups in total. The predicted molar refractivity (Wildman–Crippen MR) is 95.8 cm³/mol. The third-order valence-corrected chi connectivity index (χ3v) is 5.75. The van der Waals surface area contributed by atoms with Crippen LogP contribution < -0.4 is 9.80 Å². The molecule has 0 aromatic carbocycles. The predicted octanol–water partition coefficient (Wildman–Crippen LogP) is 1.29. The van der Waals surface area contributed by atoms with Crippen LogP contribution in [0.1, 0.15) is 26.2 Å². The average molecular weight is 363 g/mol. The van der Waals surface area contributed by atoms with Gasteiger partial charge in [0.2, 0.25) is 11.9 Å².